The first-order valence-corrected chi connectivity index (χ1v) is 36.3. The summed E-state index contributed by atoms with van der Waals surface area (Å²) < 4.78 is 23.0. The molecule has 0 aliphatic carbocycles. The van der Waals surface area contributed by atoms with Gasteiger partial charge in [0.05, 0.1) is 34.4 Å². The predicted molar refractivity (Wildman–Crippen MR) is 382 cm³/mol. The zero-order valence-electron chi connectivity index (χ0n) is 58.0. The third kappa shape index (κ3) is 70.7. The van der Waals surface area contributed by atoms with Crippen molar-refractivity contribution in [1.82, 2.24) is 0 Å². The minimum Gasteiger partial charge on any atom is -0.477 e. The van der Waals surface area contributed by atoms with Crippen LogP contribution in [-0.4, -0.2) is 87.4 Å². The molecule has 0 bridgehead atoms. The molecule has 0 aromatic carbocycles. The van der Waals surface area contributed by atoms with E-state index in [1.54, 1.807) is 0 Å². The molecule has 0 spiro atoms. The number of ether oxygens (including phenoxy) is 4. The van der Waals surface area contributed by atoms with Gasteiger partial charge in [0.15, 0.2) is 6.10 Å². The van der Waals surface area contributed by atoms with Crippen molar-refractivity contribution in [2.75, 3.05) is 47.5 Å². The zero-order chi connectivity index (χ0) is 64.7. The molecule has 0 aliphatic rings. The molecule has 0 aromatic heterocycles. The van der Waals surface area contributed by atoms with Gasteiger partial charge in [0.25, 0.3) is 6.29 Å². The van der Waals surface area contributed by atoms with Gasteiger partial charge in [-0.1, -0.05) is 302 Å². The second-order valence-corrected chi connectivity index (χ2v) is 25.2. The molecule has 9 nitrogen and oxygen atoms in total. The zero-order valence-corrected chi connectivity index (χ0v) is 58.0. The summed E-state index contributed by atoms with van der Waals surface area (Å²) in [6.07, 6.45) is 97.0. The highest BCUT2D eigenvalue weighted by molar-refractivity contribution is 5.71. The molecule has 0 rings (SSSR count). The van der Waals surface area contributed by atoms with Gasteiger partial charge in [0.2, 0.25) is 0 Å². The smallest absolute Gasteiger partial charge is 0.361 e. The molecule has 0 amide bonds. The monoisotopic (exact) mass is 1240 g/mol. The molecular formula is C80H136NO8+. The first-order valence-electron chi connectivity index (χ1n) is 36.3. The number of rotatable bonds is 66. The fourth-order valence-electron chi connectivity index (χ4n) is 9.86. The summed E-state index contributed by atoms with van der Waals surface area (Å²) >= 11 is 0. The molecule has 0 aromatic rings. The number of carboxylic acids is 1. The summed E-state index contributed by atoms with van der Waals surface area (Å²) in [5.41, 5.74) is 0. The van der Waals surface area contributed by atoms with E-state index in [2.05, 4.69) is 148 Å². The van der Waals surface area contributed by atoms with Gasteiger partial charge in [-0.2, -0.15) is 0 Å². The number of aliphatic carboxylic acids is 1. The number of nitrogens with zero attached hydrogens (tertiary/aromatic N) is 1. The van der Waals surface area contributed by atoms with Crippen molar-refractivity contribution >= 4 is 17.9 Å². The number of carboxylic acid groups (broad SMARTS) is 1. The lowest BCUT2D eigenvalue weighted by molar-refractivity contribution is -0.870. The second-order valence-electron chi connectivity index (χ2n) is 25.2. The van der Waals surface area contributed by atoms with Crippen LogP contribution in [-0.2, 0) is 33.3 Å². The van der Waals surface area contributed by atoms with Gasteiger partial charge in [0, 0.05) is 12.8 Å². The van der Waals surface area contributed by atoms with E-state index in [9.17, 15) is 19.5 Å². The second kappa shape index (κ2) is 69.3. The first-order chi connectivity index (χ1) is 43.6. The first kappa shape index (κ1) is 84.4. The van der Waals surface area contributed by atoms with Crippen LogP contribution in [0.25, 0.3) is 0 Å². The number of carbonyl (C=O) groups is 3. The van der Waals surface area contributed by atoms with Gasteiger partial charge >= 0.3 is 17.9 Å². The van der Waals surface area contributed by atoms with Crippen molar-refractivity contribution in [3.05, 3.63) is 134 Å². The van der Waals surface area contributed by atoms with E-state index in [1.807, 2.05) is 21.1 Å². The number of quaternary nitrogens is 1. The number of unbranched alkanes of at least 4 members (excludes halogenated alkanes) is 29. The molecule has 0 heterocycles. The van der Waals surface area contributed by atoms with Crippen LogP contribution < -0.4 is 0 Å². The normalized spacial score (nSPS) is 13.5. The highest BCUT2D eigenvalue weighted by Crippen LogP contribution is 2.17. The molecule has 2 unspecified atom stereocenters. The molecule has 1 N–H and O–H groups in total. The van der Waals surface area contributed by atoms with Crippen LogP contribution in [0.1, 0.15) is 296 Å². The van der Waals surface area contributed by atoms with E-state index in [1.165, 1.54) is 154 Å². The van der Waals surface area contributed by atoms with E-state index in [0.29, 0.717) is 23.9 Å². The number of esters is 2. The lowest BCUT2D eigenvalue weighted by Gasteiger charge is -2.25. The van der Waals surface area contributed by atoms with Crippen LogP contribution in [0.5, 0.6) is 0 Å². The molecule has 9 heteroatoms. The Bertz CT molecular complexity index is 1930. The summed E-state index contributed by atoms with van der Waals surface area (Å²) in [5.74, 6) is -2.01. The fourth-order valence-corrected chi connectivity index (χ4v) is 9.86. The Morgan fingerprint density at radius 3 is 0.955 bits per heavy atom. The summed E-state index contributed by atoms with van der Waals surface area (Å²) in [7, 11) is 5.97. The van der Waals surface area contributed by atoms with Crippen molar-refractivity contribution < 1.29 is 42.9 Å². The van der Waals surface area contributed by atoms with Crippen LogP contribution in [0.4, 0.5) is 0 Å². The van der Waals surface area contributed by atoms with Gasteiger partial charge in [-0.25, -0.2) is 4.79 Å². The van der Waals surface area contributed by atoms with Crippen molar-refractivity contribution in [1.29, 1.82) is 0 Å². The number of hydrogen-bond donors (Lipinski definition) is 1. The highest BCUT2D eigenvalue weighted by atomic mass is 16.7. The topological polar surface area (TPSA) is 108 Å². The maximum Gasteiger partial charge on any atom is 0.361 e. The number of allylic oxidation sites excluding steroid dienone is 22. The lowest BCUT2D eigenvalue weighted by Crippen LogP contribution is -2.40. The Labute approximate surface area is 548 Å². The average molecular weight is 1240 g/mol. The lowest BCUT2D eigenvalue weighted by atomic mass is 10.0. The molecule has 0 saturated heterocycles. The summed E-state index contributed by atoms with van der Waals surface area (Å²) in [6, 6.07) is 0. The predicted octanol–water partition coefficient (Wildman–Crippen LogP) is 22.9. The standard InChI is InChI=1S/C80H135NO8/c1-6-8-10-12-14-16-18-20-22-24-26-28-30-32-34-36-37-38-39-40-41-43-45-47-49-51-53-55-57-59-61-63-65-67-69-71-78(83)89-76(75-88-80(79(84)85)86-73-72-81(3,4)5)74-87-77(82)70-68-66-64-62-60-58-56-54-52-50-48-46-44-42-35-33-31-29-27-25-23-21-19-17-15-13-11-9-7-2/h8,10,14,16,19-22,25-28,31-34,37-38,40-41,45,47,76,80H,6-7,9,11-13,15,17-18,23-24,29-30,35-36,39,42-44,46,48-75H2,1-5H3/p+1/b10-8-,16-14-,21-19-,22-20-,27-25-,28-26-,33-31-,34-32-,38-37-,41-40-,47-45-. The largest absolute Gasteiger partial charge is 0.477 e. The van der Waals surface area contributed by atoms with Crippen molar-refractivity contribution in [3.8, 4) is 0 Å². The maximum absolute atomic E-state index is 13.0. The molecule has 0 aliphatic heterocycles. The number of likely N-dealkylation sites (N-methyl/N-ethyl adjacent to an activating group) is 1. The fraction of sp³-hybridized carbons (Fsp3) is 0.688. The quantitative estimate of drug-likeness (QED) is 0.0211. The maximum atomic E-state index is 13.0. The Kier molecular flexibility index (Phi) is 65.8. The Balaban J connectivity index is 4.15. The number of hydrogen-bond acceptors (Lipinski definition) is 7. The Hall–Kier alpha value is -4.57. The third-order valence-corrected chi connectivity index (χ3v) is 15.4. The van der Waals surface area contributed by atoms with Crippen LogP contribution in [0.3, 0.4) is 0 Å². The van der Waals surface area contributed by atoms with Crippen LogP contribution >= 0.6 is 0 Å². The van der Waals surface area contributed by atoms with Crippen LogP contribution in [0.2, 0.25) is 0 Å². The van der Waals surface area contributed by atoms with E-state index in [4.69, 9.17) is 18.9 Å². The van der Waals surface area contributed by atoms with Gasteiger partial charge in [0.1, 0.15) is 13.2 Å². The Morgan fingerprint density at radius 2 is 0.640 bits per heavy atom. The SMILES string of the molecule is CC/C=C\C/C=C\C/C=C\C/C=C\C/C=C\C/C=C\C/C=C\C/C=C\CCCCCCCCCCCCC(=O)OC(COC(=O)CCCCCCCCCCCCCCCC/C=C\C/C=C\C/C=C\CCCCCCC)COC(OCC[N+](C)(C)C)C(=O)O. The summed E-state index contributed by atoms with van der Waals surface area (Å²) in [5, 5.41) is 9.76. The van der Waals surface area contributed by atoms with E-state index >= 15 is 0 Å². The Morgan fingerprint density at radius 1 is 0.348 bits per heavy atom. The van der Waals surface area contributed by atoms with Crippen molar-refractivity contribution in [2.24, 2.45) is 0 Å². The number of carbonyl (C=O) groups excluding carboxylic acids is 2. The minimum atomic E-state index is -1.52. The van der Waals surface area contributed by atoms with E-state index < -0.39 is 24.3 Å². The summed E-state index contributed by atoms with van der Waals surface area (Å²) in [6.45, 7) is 4.76. The molecule has 0 fully saturated rings. The average Bonchev–Trinajstić information content (AvgIpc) is 3.64. The third-order valence-electron chi connectivity index (χ3n) is 15.4. The molecule has 89 heavy (non-hydrogen) atoms. The molecule has 508 valence electrons. The van der Waals surface area contributed by atoms with Crippen LogP contribution in [0, 0.1) is 0 Å². The van der Waals surface area contributed by atoms with Gasteiger partial charge in [-0.15, -0.1) is 0 Å². The van der Waals surface area contributed by atoms with Gasteiger partial charge in [-0.3, -0.25) is 9.59 Å². The molecule has 0 radical (unpaired) electrons. The van der Waals surface area contributed by atoms with Crippen molar-refractivity contribution in [3.63, 3.8) is 0 Å². The van der Waals surface area contributed by atoms with Gasteiger partial charge < -0.3 is 28.5 Å². The molecule has 0 saturated carbocycles. The van der Waals surface area contributed by atoms with Crippen molar-refractivity contribution in [2.45, 2.75) is 309 Å². The summed E-state index contributed by atoms with van der Waals surface area (Å²) in [4.78, 5) is 37.7. The van der Waals surface area contributed by atoms with Gasteiger partial charge in [-0.05, 0) is 116 Å². The molecular weight excluding hydrogens is 1100 g/mol. The highest BCUT2D eigenvalue weighted by Gasteiger charge is 2.25. The van der Waals surface area contributed by atoms with Crippen LogP contribution in [0.15, 0.2) is 134 Å². The molecule has 2 atom stereocenters. The van der Waals surface area contributed by atoms with E-state index in [-0.39, 0.29) is 32.2 Å². The minimum absolute atomic E-state index is 0.181. The van der Waals surface area contributed by atoms with E-state index in [0.717, 1.165) is 109 Å².